The van der Waals surface area contributed by atoms with Crippen LogP contribution in [-0.4, -0.2) is 54.7 Å². The number of likely N-dealkylation sites (tertiary alicyclic amines) is 1. The second-order valence-corrected chi connectivity index (χ2v) is 11.0. The summed E-state index contributed by atoms with van der Waals surface area (Å²) in [7, 11) is 1.72. The van der Waals surface area contributed by atoms with Gasteiger partial charge >= 0.3 is 0 Å². The highest BCUT2D eigenvalue weighted by Crippen LogP contribution is 2.40. The predicted octanol–water partition coefficient (Wildman–Crippen LogP) is 3.86. The lowest BCUT2D eigenvalue weighted by Gasteiger charge is -2.46. The lowest BCUT2D eigenvalue weighted by molar-refractivity contribution is -0.124. The Bertz CT molecular complexity index is 1040. The molecule has 0 bridgehead atoms. The SMILES string of the molecule is COc1cccc([C@]2(C)CCN(C[C@@H](NC(=O)[C@H]3Cc4ccc(O)cc4CN3)C(C)C)C[C@@H]2C)c1. The van der Waals surface area contributed by atoms with Crippen molar-refractivity contribution in [3.8, 4) is 11.5 Å². The number of carbonyl (C=O) groups is 1. The van der Waals surface area contributed by atoms with Crippen molar-refractivity contribution in [2.24, 2.45) is 11.8 Å². The van der Waals surface area contributed by atoms with Crippen molar-refractivity contribution in [1.29, 1.82) is 0 Å². The van der Waals surface area contributed by atoms with Gasteiger partial charge in [-0.05, 0) is 77.6 Å². The Hall–Kier alpha value is -2.57. The largest absolute Gasteiger partial charge is 0.508 e. The van der Waals surface area contributed by atoms with Crippen LogP contribution in [-0.2, 0) is 23.2 Å². The van der Waals surface area contributed by atoms with Gasteiger partial charge in [0.05, 0.1) is 13.2 Å². The Labute approximate surface area is 210 Å². The number of benzene rings is 2. The predicted molar refractivity (Wildman–Crippen MR) is 140 cm³/mol. The second-order valence-electron chi connectivity index (χ2n) is 11.0. The van der Waals surface area contributed by atoms with E-state index in [2.05, 4.69) is 61.4 Å². The topological polar surface area (TPSA) is 73.8 Å². The zero-order chi connectivity index (χ0) is 25.2. The van der Waals surface area contributed by atoms with Gasteiger partial charge in [0.25, 0.3) is 0 Å². The number of fused-ring (bicyclic) bond motifs is 1. The van der Waals surface area contributed by atoms with Gasteiger partial charge in [0.15, 0.2) is 0 Å². The normalized spacial score (nSPS) is 25.7. The van der Waals surface area contributed by atoms with E-state index in [9.17, 15) is 9.90 Å². The molecule has 0 aromatic heterocycles. The Morgan fingerprint density at radius 1 is 1.26 bits per heavy atom. The number of nitrogens with one attached hydrogen (secondary N) is 2. The van der Waals surface area contributed by atoms with Gasteiger partial charge in [0.1, 0.15) is 11.5 Å². The molecule has 4 atom stereocenters. The fraction of sp³-hybridized carbons (Fsp3) is 0.552. The minimum atomic E-state index is -0.245. The van der Waals surface area contributed by atoms with E-state index in [-0.39, 0.29) is 29.2 Å². The van der Waals surface area contributed by atoms with Gasteiger partial charge in [-0.1, -0.05) is 45.9 Å². The first-order valence-electron chi connectivity index (χ1n) is 12.9. The fourth-order valence-electron chi connectivity index (χ4n) is 5.56. The number of nitrogens with zero attached hydrogens (tertiary/aromatic N) is 1. The Balaban J connectivity index is 1.37. The number of rotatable bonds is 7. The van der Waals surface area contributed by atoms with Crippen LogP contribution in [0.15, 0.2) is 42.5 Å². The molecule has 3 N–H and O–H groups in total. The second kappa shape index (κ2) is 10.6. The molecule has 2 aromatic carbocycles. The molecule has 1 amide bonds. The van der Waals surface area contributed by atoms with Crippen LogP contribution in [0, 0.1) is 11.8 Å². The minimum absolute atomic E-state index is 0.0636. The van der Waals surface area contributed by atoms with Crippen molar-refractivity contribution in [1.82, 2.24) is 15.5 Å². The average molecular weight is 480 g/mol. The zero-order valence-corrected chi connectivity index (χ0v) is 21.8. The molecule has 6 nitrogen and oxygen atoms in total. The van der Waals surface area contributed by atoms with Crippen LogP contribution in [0.3, 0.4) is 0 Å². The standard InChI is InChI=1S/C29H41N3O3/c1-19(2)27(31-28(34)26-14-21-9-10-24(33)13-22(21)16-30-26)18-32-12-11-29(4,20(3)17-32)23-7-6-8-25(15-23)35-5/h6-10,13,15,19-20,26-27,30,33H,11-12,14,16-18H2,1-5H3,(H,31,34)/t20-,26+,27+,29+/m0/s1. The van der Waals surface area contributed by atoms with Gasteiger partial charge in [-0.25, -0.2) is 0 Å². The summed E-state index contributed by atoms with van der Waals surface area (Å²) in [6.07, 6.45) is 1.72. The van der Waals surface area contributed by atoms with Crippen LogP contribution in [0.1, 0.15) is 50.8 Å². The monoisotopic (exact) mass is 479 g/mol. The molecular weight excluding hydrogens is 438 g/mol. The number of carbonyl (C=O) groups excluding carboxylic acids is 1. The van der Waals surface area contributed by atoms with E-state index >= 15 is 0 Å². The maximum atomic E-state index is 13.2. The first-order valence-corrected chi connectivity index (χ1v) is 12.9. The van der Waals surface area contributed by atoms with Crippen LogP contribution in [0.4, 0.5) is 0 Å². The van der Waals surface area contributed by atoms with Crippen molar-refractivity contribution < 1.29 is 14.6 Å². The molecule has 4 rings (SSSR count). The zero-order valence-electron chi connectivity index (χ0n) is 21.8. The highest BCUT2D eigenvalue weighted by molar-refractivity contribution is 5.82. The molecule has 6 heteroatoms. The van der Waals surface area contributed by atoms with Crippen molar-refractivity contribution in [3.05, 3.63) is 59.2 Å². The van der Waals surface area contributed by atoms with Crippen LogP contribution in [0.2, 0.25) is 0 Å². The van der Waals surface area contributed by atoms with Gasteiger partial charge in [0.2, 0.25) is 5.91 Å². The van der Waals surface area contributed by atoms with Gasteiger partial charge < -0.3 is 25.4 Å². The van der Waals surface area contributed by atoms with Crippen LogP contribution in [0.5, 0.6) is 11.5 Å². The number of hydrogen-bond acceptors (Lipinski definition) is 5. The summed E-state index contributed by atoms with van der Waals surface area (Å²) in [6.45, 7) is 12.6. The number of methoxy groups -OCH3 is 1. The molecule has 2 aliphatic rings. The summed E-state index contributed by atoms with van der Waals surface area (Å²) < 4.78 is 5.47. The third-order valence-electron chi connectivity index (χ3n) is 8.35. The molecule has 2 heterocycles. The summed E-state index contributed by atoms with van der Waals surface area (Å²) in [4.78, 5) is 15.7. The van der Waals surface area contributed by atoms with E-state index in [1.54, 1.807) is 19.2 Å². The van der Waals surface area contributed by atoms with E-state index in [1.807, 2.05) is 12.1 Å². The molecule has 0 aliphatic carbocycles. The van der Waals surface area contributed by atoms with E-state index in [4.69, 9.17) is 4.74 Å². The van der Waals surface area contributed by atoms with Gasteiger partial charge in [-0.2, -0.15) is 0 Å². The van der Waals surface area contributed by atoms with Crippen molar-refractivity contribution in [2.75, 3.05) is 26.7 Å². The Morgan fingerprint density at radius 2 is 2.06 bits per heavy atom. The number of amides is 1. The van der Waals surface area contributed by atoms with E-state index in [0.29, 0.717) is 24.8 Å². The number of ether oxygens (including phenoxy) is 1. The average Bonchev–Trinajstić information content (AvgIpc) is 2.85. The molecule has 1 fully saturated rings. The number of hydrogen-bond donors (Lipinski definition) is 3. The fourth-order valence-corrected chi connectivity index (χ4v) is 5.56. The molecular formula is C29H41N3O3. The summed E-state index contributed by atoms with van der Waals surface area (Å²) in [5.41, 5.74) is 3.64. The maximum absolute atomic E-state index is 13.2. The Morgan fingerprint density at radius 3 is 2.77 bits per heavy atom. The number of phenolic OH excluding ortho intramolecular Hbond substituents is 1. The molecule has 2 aromatic rings. The summed E-state index contributed by atoms with van der Waals surface area (Å²) >= 11 is 0. The van der Waals surface area contributed by atoms with Crippen LogP contribution in [0.25, 0.3) is 0 Å². The van der Waals surface area contributed by atoms with E-state index < -0.39 is 0 Å². The summed E-state index contributed by atoms with van der Waals surface area (Å²) in [5, 5.41) is 16.4. The van der Waals surface area contributed by atoms with Gasteiger partial charge in [-0.15, -0.1) is 0 Å². The molecule has 1 saturated heterocycles. The smallest absolute Gasteiger partial charge is 0.237 e. The van der Waals surface area contributed by atoms with Crippen molar-refractivity contribution >= 4 is 5.91 Å². The molecule has 0 spiro atoms. The third-order valence-corrected chi connectivity index (χ3v) is 8.35. The maximum Gasteiger partial charge on any atom is 0.237 e. The summed E-state index contributed by atoms with van der Waals surface area (Å²) in [5.74, 6) is 2.07. The van der Waals surface area contributed by atoms with Gasteiger partial charge in [-0.3, -0.25) is 4.79 Å². The van der Waals surface area contributed by atoms with Crippen molar-refractivity contribution in [3.63, 3.8) is 0 Å². The first kappa shape index (κ1) is 25.5. The molecule has 0 unspecified atom stereocenters. The molecule has 0 radical (unpaired) electrons. The summed E-state index contributed by atoms with van der Waals surface area (Å²) in [6, 6.07) is 13.8. The van der Waals surface area contributed by atoms with Gasteiger partial charge in [0, 0.05) is 25.7 Å². The van der Waals surface area contributed by atoms with Crippen LogP contribution >= 0.6 is 0 Å². The highest BCUT2D eigenvalue weighted by Gasteiger charge is 2.39. The molecule has 35 heavy (non-hydrogen) atoms. The number of aromatic hydroxyl groups is 1. The Kier molecular flexibility index (Phi) is 7.72. The minimum Gasteiger partial charge on any atom is -0.508 e. The van der Waals surface area contributed by atoms with Crippen molar-refractivity contribution in [2.45, 2.75) is 64.6 Å². The lowest BCUT2D eigenvalue weighted by Crippen LogP contribution is -2.56. The number of piperidine rings is 1. The van der Waals surface area contributed by atoms with Crippen LogP contribution < -0.4 is 15.4 Å². The molecule has 0 saturated carbocycles. The molecule has 190 valence electrons. The first-order chi connectivity index (χ1) is 16.7. The highest BCUT2D eigenvalue weighted by atomic mass is 16.5. The third kappa shape index (κ3) is 5.65. The quantitative estimate of drug-likeness (QED) is 0.563. The van der Waals surface area contributed by atoms with E-state index in [1.165, 1.54) is 5.56 Å². The lowest BCUT2D eigenvalue weighted by atomic mass is 9.68. The number of phenols is 1. The molecule has 2 aliphatic heterocycles. The van der Waals surface area contributed by atoms with E-state index in [0.717, 1.165) is 42.9 Å².